The lowest BCUT2D eigenvalue weighted by molar-refractivity contribution is -0.137. The van der Waals surface area contributed by atoms with Crippen molar-refractivity contribution >= 4 is 17.3 Å². The molecule has 3 aromatic rings. The van der Waals surface area contributed by atoms with Gasteiger partial charge in [-0.3, -0.25) is 9.69 Å². The van der Waals surface area contributed by atoms with Crippen molar-refractivity contribution in [2.24, 2.45) is 0 Å². The van der Waals surface area contributed by atoms with Gasteiger partial charge in [0.05, 0.1) is 23.6 Å². The molecule has 1 fully saturated rings. The van der Waals surface area contributed by atoms with E-state index in [1.807, 2.05) is 12.1 Å². The van der Waals surface area contributed by atoms with Crippen molar-refractivity contribution in [1.82, 2.24) is 14.9 Å². The predicted molar refractivity (Wildman–Crippen MR) is 127 cm³/mol. The van der Waals surface area contributed by atoms with Crippen LogP contribution in [0.25, 0.3) is 0 Å². The van der Waals surface area contributed by atoms with Gasteiger partial charge in [-0.1, -0.05) is 6.07 Å². The minimum Gasteiger partial charge on any atom is -0.364 e. The molecular formula is C26H26F3N5O. The lowest BCUT2D eigenvalue weighted by Gasteiger charge is -2.30. The second kappa shape index (κ2) is 9.65. The summed E-state index contributed by atoms with van der Waals surface area (Å²) in [7, 11) is 0. The maximum Gasteiger partial charge on any atom is 0.416 e. The first-order chi connectivity index (χ1) is 16.8. The van der Waals surface area contributed by atoms with Crippen LogP contribution in [0.1, 0.15) is 45.5 Å². The molecule has 0 bridgehead atoms. The Kier molecular flexibility index (Phi) is 6.42. The van der Waals surface area contributed by atoms with E-state index < -0.39 is 17.6 Å². The molecule has 1 N–H and O–H groups in total. The molecule has 0 atom stereocenters. The SMILES string of the molecule is O=C(Nc1cc(CN2CCCC2)cc(C(F)(F)F)c1)c1ccc2c(c1)CN(c1cncnc1)CC2. The van der Waals surface area contributed by atoms with Crippen LogP contribution < -0.4 is 10.2 Å². The van der Waals surface area contributed by atoms with Crippen LogP contribution in [0.4, 0.5) is 24.5 Å². The molecule has 1 amide bonds. The number of hydrogen-bond acceptors (Lipinski definition) is 5. The van der Waals surface area contributed by atoms with E-state index in [-0.39, 0.29) is 5.69 Å². The van der Waals surface area contributed by atoms with Crippen molar-refractivity contribution in [2.45, 2.75) is 38.5 Å². The summed E-state index contributed by atoms with van der Waals surface area (Å²) in [6.45, 7) is 3.60. The van der Waals surface area contributed by atoms with E-state index in [0.717, 1.165) is 61.8 Å². The minimum atomic E-state index is -4.49. The molecule has 0 spiro atoms. The highest BCUT2D eigenvalue weighted by atomic mass is 19.4. The number of anilines is 2. The number of amides is 1. The fraction of sp³-hybridized carbons (Fsp3) is 0.346. The number of fused-ring (bicyclic) bond motifs is 1. The molecule has 1 aromatic heterocycles. The molecule has 9 heteroatoms. The highest BCUT2D eigenvalue weighted by Gasteiger charge is 2.31. The van der Waals surface area contributed by atoms with Crippen LogP contribution in [0.15, 0.2) is 55.1 Å². The van der Waals surface area contributed by atoms with E-state index in [1.54, 1.807) is 24.5 Å². The number of hydrogen-bond donors (Lipinski definition) is 1. The fourth-order valence-electron chi connectivity index (χ4n) is 4.79. The molecule has 5 rings (SSSR count). The summed E-state index contributed by atoms with van der Waals surface area (Å²) in [6.07, 6.45) is 3.42. The minimum absolute atomic E-state index is 0.153. The zero-order valence-corrected chi connectivity index (χ0v) is 19.2. The summed E-state index contributed by atoms with van der Waals surface area (Å²) >= 11 is 0. The predicted octanol–water partition coefficient (Wildman–Crippen LogP) is 4.91. The van der Waals surface area contributed by atoms with Crippen LogP contribution in [0.2, 0.25) is 0 Å². The smallest absolute Gasteiger partial charge is 0.364 e. The Morgan fingerprint density at radius 3 is 2.49 bits per heavy atom. The second-order valence-electron chi connectivity index (χ2n) is 9.11. The first-order valence-electron chi connectivity index (χ1n) is 11.7. The van der Waals surface area contributed by atoms with Crippen molar-refractivity contribution in [1.29, 1.82) is 0 Å². The van der Waals surface area contributed by atoms with Gasteiger partial charge >= 0.3 is 6.18 Å². The monoisotopic (exact) mass is 481 g/mol. The van der Waals surface area contributed by atoms with E-state index in [2.05, 4.69) is 25.1 Å². The first kappa shape index (κ1) is 23.3. The van der Waals surface area contributed by atoms with E-state index >= 15 is 0 Å². The van der Waals surface area contributed by atoms with Crippen molar-refractivity contribution in [2.75, 3.05) is 29.9 Å². The molecular weight excluding hydrogens is 455 g/mol. The summed E-state index contributed by atoms with van der Waals surface area (Å²) < 4.78 is 40.6. The summed E-state index contributed by atoms with van der Waals surface area (Å²) in [4.78, 5) is 25.4. The number of aromatic nitrogens is 2. The van der Waals surface area contributed by atoms with Crippen molar-refractivity contribution < 1.29 is 18.0 Å². The number of benzene rings is 2. The third-order valence-electron chi connectivity index (χ3n) is 6.58. The molecule has 182 valence electrons. The van der Waals surface area contributed by atoms with Crippen LogP contribution in [0, 0.1) is 0 Å². The highest BCUT2D eigenvalue weighted by Crippen LogP contribution is 2.33. The first-order valence-corrected chi connectivity index (χ1v) is 11.7. The average Bonchev–Trinajstić information content (AvgIpc) is 3.36. The molecule has 6 nitrogen and oxygen atoms in total. The number of likely N-dealkylation sites (tertiary alicyclic amines) is 1. The van der Waals surface area contributed by atoms with Crippen molar-refractivity contribution in [3.05, 3.63) is 82.9 Å². The molecule has 0 radical (unpaired) electrons. The zero-order chi connectivity index (χ0) is 24.4. The van der Waals surface area contributed by atoms with Gasteiger partial charge in [0.2, 0.25) is 0 Å². The number of halogens is 3. The van der Waals surface area contributed by atoms with Crippen molar-refractivity contribution in [3.8, 4) is 0 Å². The molecule has 3 heterocycles. The number of nitrogens with zero attached hydrogens (tertiary/aromatic N) is 4. The number of nitrogens with one attached hydrogen (secondary N) is 1. The summed E-state index contributed by atoms with van der Waals surface area (Å²) in [6, 6.07) is 9.29. The molecule has 0 aliphatic carbocycles. The number of carbonyl (C=O) groups is 1. The standard InChI is InChI=1S/C26H26F3N5O/c27-26(28,29)22-9-18(15-33-6-1-2-7-33)10-23(12-22)32-25(35)20-4-3-19-5-8-34(16-21(19)11-20)24-13-30-17-31-14-24/h3-4,9-14,17H,1-2,5-8,15-16H2,(H,32,35). The Morgan fingerprint density at radius 1 is 0.971 bits per heavy atom. The zero-order valence-electron chi connectivity index (χ0n) is 19.2. The van der Waals surface area contributed by atoms with Gasteiger partial charge in [0, 0.05) is 30.9 Å². The average molecular weight is 482 g/mol. The molecule has 0 saturated carbocycles. The summed E-state index contributed by atoms with van der Waals surface area (Å²) in [5.74, 6) is -0.431. The number of alkyl halides is 3. The largest absolute Gasteiger partial charge is 0.416 e. The lowest BCUT2D eigenvalue weighted by atomic mass is 9.97. The quantitative estimate of drug-likeness (QED) is 0.561. The van der Waals surface area contributed by atoms with Crippen molar-refractivity contribution in [3.63, 3.8) is 0 Å². The number of rotatable bonds is 5. The van der Waals surface area contributed by atoms with E-state index in [9.17, 15) is 18.0 Å². The number of carbonyl (C=O) groups excluding carboxylic acids is 1. The molecule has 0 unspecified atom stereocenters. The molecule has 1 saturated heterocycles. The molecule has 2 aromatic carbocycles. The summed E-state index contributed by atoms with van der Waals surface area (Å²) in [5.41, 5.74) is 3.42. The molecule has 2 aliphatic rings. The Balaban J connectivity index is 1.36. The van der Waals surface area contributed by atoms with E-state index in [1.165, 1.54) is 12.4 Å². The Labute approximate surface area is 201 Å². The maximum absolute atomic E-state index is 13.5. The topological polar surface area (TPSA) is 61.4 Å². The van der Waals surface area contributed by atoms with Gasteiger partial charge in [0.25, 0.3) is 5.91 Å². The molecule has 2 aliphatic heterocycles. The van der Waals surface area contributed by atoms with E-state index in [4.69, 9.17) is 0 Å². The van der Waals surface area contributed by atoms with Gasteiger partial charge in [0.1, 0.15) is 6.33 Å². The van der Waals surface area contributed by atoms with Gasteiger partial charge in [-0.15, -0.1) is 0 Å². The van der Waals surface area contributed by atoms with Gasteiger partial charge in [-0.2, -0.15) is 13.2 Å². The Hall–Kier alpha value is -3.46. The highest BCUT2D eigenvalue weighted by molar-refractivity contribution is 6.04. The van der Waals surface area contributed by atoms with Crippen LogP contribution in [0.5, 0.6) is 0 Å². The Morgan fingerprint density at radius 2 is 1.74 bits per heavy atom. The molecule has 35 heavy (non-hydrogen) atoms. The van der Waals surface area contributed by atoms with Gasteiger partial charge < -0.3 is 10.2 Å². The fourth-order valence-corrected chi connectivity index (χ4v) is 4.79. The second-order valence-corrected chi connectivity index (χ2v) is 9.11. The van der Waals surface area contributed by atoms with Gasteiger partial charge in [0.15, 0.2) is 0 Å². The van der Waals surface area contributed by atoms with Crippen LogP contribution in [0.3, 0.4) is 0 Å². The van der Waals surface area contributed by atoms with Gasteiger partial charge in [-0.25, -0.2) is 9.97 Å². The van der Waals surface area contributed by atoms with Crippen LogP contribution in [-0.2, 0) is 25.7 Å². The Bertz CT molecular complexity index is 1210. The normalized spacial score (nSPS) is 16.3. The van der Waals surface area contributed by atoms with Crippen LogP contribution >= 0.6 is 0 Å². The van der Waals surface area contributed by atoms with Gasteiger partial charge in [-0.05, 0) is 79.4 Å². The van der Waals surface area contributed by atoms with E-state index in [0.29, 0.717) is 24.2 Å². The third-order valence-corrected chi connectivity index (χ3v) is 6.58. The lowest BCUT2D eigenvalue weighted by Crippen LogP contribution is -2.30. The van der Waals surface area contributed by atoms with Crippen LogP contribution in [-0.4, -0.2) is 40.4 Å². The summed E-state index contributed by atoms with van der Waals surface area (Å²) in [5, 5.41) is 2.69. The third kappa shape index (κ3) is 5.45. The maximum atomic E-state index is 13.5.